The van der Waals surface area contributed by atoms with E-state index in [1.807, 2.05) is 11.0 Å². The van der Waals surface area contributed by atoms with Gasteiger partial charge in [0, 0.05) is 18.7 Å². The van der Waals surface area contributed by atoms with Crippen LogP contribution in [0.3, 0.4) is 0 Å². The number of carbonyl (C=O) groups is 1. The van der Waals surface area contributed by atoms with E-state index in [4.69, 9.17) is 11.1 Å². The minimum Gasteiger partial charge on any atom is -0.384 e. The number of nitrogens with one attached hydrogen (secondary N) is 2. The van der Waals surface area contributed by atoms with Crippen LogP contribution in [0.25, 0.3) is 0 Å². The molecule has 5 heteroatoms. The Balaban J connectivity index is 2.08. The molecule has 1 aromatic rings. The van der Waals surface area contributed by atoms with Crippen LogP contribution in [-0.2, 0) is 0 Å². The average Bonchev–Trinajstić information content (AvgIpc) is 2.39. The van der Waals surface area contributed by atoms with Crippen molar-refractivity contribution in [1.29, 1.82) is 5.41 Å². The molecule has 0 saturated carbocycles. The molecular weight excluding hydrogens is 240 g/mol. The number of carbonyl (C=O) groups excluding carboxylic acids is 1. The molecule has 0 spiro atoms. The Bertz CT molecular complexity index is 486. The predicted octanol–water partition coefficient (Wildman–Crippen LogP) is 2.23. The van der Waals surface area contributed by atoms with Crippen LogP contribution in [-0.4, -0.2) is 29.9 Å². The molecule has 102 valence electrons. The average molecular weight is 260 g/mol. The van der Waals surface area contributed by atoms with Gasteiger partial charge >= 0.3 is 6.03 Å². The molecule has 5 nitrogen and oxygen atoms in total. The van der Waals surface area contributed by atoms with Crippen molar-refractivity contribution in [3.05, 3.63) is 29.8 Å². The summed E-state index contributed by atoms with van der Waals surface area (Å²) in [6.07, 6.45) is 2.22. The van der Waals surface area contributed by atoms with Crippen molar-refractivity contribution in [2.24, 2.45) is 11.7 Å². The lowest BCUT2D eigenvalue weighted by molar-refractivity contribution is 0.182. The van der Waals surface area contributed by atoms with E-state index in [1.54, 1.807) is 18.2 Å². The second-order valence-electron chi connectivity index (χ2n) is 5.08. The van der Waals surface area contributed by atoms with Crippen molar-refractivity contribution >= 4 is 17.6 Å². The summed E-state index contributed by atoms with van der Waals surface area (Å²) >= 11 is 0. The van der Waals surface area contributed by atoms with Gasteiger partial charge in [0.2, 0.25) is 0 Å². The maximum atomic E-state index is 12.2. The van der Waals surface area contributed by atoms with Crippen LogP contribution in [0.1, 0.15) is 25.3 Å². The van der Waals surface area contributed by atoms with Gasteiger partial charge < -0.3 is 16.0 Å². The highest BCUT2D eigenvalue weighted by Gasteiger charge is 2.21. The molecule has 1 heterocycles. The molecule has 1 atom stereocenters. The van der Waals surface area contributed by atoms with E-state index in [-0.39, 0.29) is 11.9 Å². The van der Waals surface area contributed by atoms with E-state index >= 15 is 0 Å². The topological polar surface area (TPSA) is 82.2 Å². The summed E-state index contributed by atoms with van der Waals surface area (Å²) in [6.45, 7) is 3.73. The summed E-state index contributed by atoms with van der Waals surface area (Å²) < 4.78 is 0. The van der Waals surface area contributed by atoms with Crippen LogP contribution in [0.15, 0.2) is 24.3 Å². The highest BCUT2D eigenvalue weighted by molar-refractivity contribution is 6.03. The normalized spacial score (nSPS) is 19.0. The third-order valence-corrected chi connectivity index (χ3v) is 3.40. The standard InChI is InChI=1S/C14H20N4O/c1-10-5-4-8-18(9-10)14(19)17-12-7-3-2-6-11(12)13(15)16/h2-3,6-7,10H,4-5,8-9H2,1H3,(H3,15,16)(H,17,19). The number of nitrogens with two attached hydrogens (primary N) is 1. The van der Waals surface area contributed by atoms with Crippen LogP contribution >= 0.6 is 0 Å². The van der Waals surface area contributed by atoms with Crippen molar-refractivity contribution in [2.75, 3.05) is 18.4 Å². The zero-order chi connectivity index (χ0) is 13.8. The molecule has 0 aromatic heterocycles. The summed E-state index contributed by atoms with van der Waals surface area (Å²) in [5.41, 5.74) is 6.66. The second kappa shape index (κ2) is 5.73. The van der Waals surface area contributed by atoms with E-state index in [1.165, 1.54) is 6.42 Å². The number of likely N-dealkylation sites (tertiary alicyclic amines) is 1. The largest absolute Gasteiger partial charge is 0.384 e. The van der Waals surface area contributed by atoms with E-state index < -0.39 is 0 Å². The highest BCUT2D eigenvalue weighted by Crippen LogP contribution is 2.18. The summed E-state index contributed by atoms with van der Waals surface area (Å²) in [5, 5.41) is 10.4. The third-order valence-electron chi connectivity index (χ3n) is 3.40. The summed E-state index contributed by atoms with van der Waals surface area (Å²) in [6, 6.07) is 7.01. The molecular formula is C14H20N4O. The molecule has 2 amide bonds. The van der Waals surface area contributed by atoms with Crippen molar-refractivity contribution < 1.29 is 4.79 Å². The number of piperidine rings is 1. The number of amides is 2. The molecule has 0 aliphatic carbocycles. The van der Waals surface area contributed by atoms with Gasteiger partial charge in [0.05, 0.1) is 5.69 Å². The van der Waals surface area contributed by atoms with Gasteiger partial charge in [-0.05, 0) is 30.9 Å². The van der Waals surface area contributed by atoms with Gasteiger partial charge in [-0.15, -0.1) is 0 Å². The van der Waals surface area contributed by atoms with Crippen LogP contribution in [0.4, 0.5) is 10.5 Å². The number of hydrogen-bond donors (Lipinski definition) is 3. The fraction of sp³-hybridized carbons (Fsp3) is 0.429. The van der Waals surface area contributed by atoms with Gasteiger partial charge in [-0.25, -0.2) is 4.79 Å². The first-order valence-corrected chi connectivity index (χ1v) is 6.57. The third kappa shape index (κ3) is 3.24. The van der Waals surface area contributed by atoms with E-state index in [9.17, 15) is 4.79 Å². The lowest BCUT2D eigenvalue weighted by Crippen LogP contribution is -2.41. The number of urea groups is 1. The Hall–Kier alpha value is -2.04. The molecule has 0 bridgehead atoms. The fourth-order valence-electron chi connectivity index (χ4n) is 2.40. The van der Waals surface area contributed by atoms with Crippen molar-refractivity contribution in [3.63, 3.8) is 0 Å². The van der Waals surface area contributed by atoms with Gasteiger partial charge in [0.25, 0.3) is 0 Å². The van der Waals surface area contributed by atoms with Crippen molar-refractivity contribution in [3.8, 4) is 0 Å². The fourth-order valence-corrected chi connectivity index (χ4v) is 2.40. The van der Waals surface area contributed by atoms with Gasteiger partial charge in [0.1, 0.15) is 5.84 Å². The highest BCUT2D eigenvalue weighted by atomic mass is 16.2. The molecule has 1 saturated heterocycles. The Labute approximate surface area is 113 Å². The van der Waals surface area contributed by atoms with Gasteiger partial charge in [-0.2, -0.15) is 0 Å². The van der Waals surface area contributed by atoms with Crippen LogP contribution in [0, 0.1) is 11.3 Å². The Morgan fingerprint density at radius 3 is 2.89 bits per heavy atom. The minimum atomic E-state index is -0.111. The molecule has 1 fully saturated rings. The van der Waals surface area contributed by atoms with E-state index in [0.717, 1.165) is 19.5 Å². The summed E-state index contributed by atoms with van der Waals surface area (Å²) in [5.74, 6) is 0.505. The molecule has 1 aliphatic rings. The monoisotopic (exact) mass is 260 g/mol. The maximum absolute atomic E-state index is 12.2. The maximum Gasteiger partial charge on any atom is 0.321 e. The second-order valence-corrected chi connectivity index (χ2v) is 5.08. The first kappa shape index (κ1) is 13.4. The van der Waals surface area contributed by atoms with Crippen LogP contribution < -0.4 is 11.1 Å². The molecule has 2 rings (SSSR count). The van der Waals surface area contributed by atoms with Crippen molar-refractivity contribution in [2.45, 2.75) is 19.8 Å². The molecule has 1 unspecified atom stereocenters. The lowest BCUT2D eigenvalue weighted by Gasteiger charge is -2.31. The number of para-hydroxylation sites is 1. The molecule has 0 radical (unpaired) electrons. The van der Waals surface area contributed by atoms with Gasteiger partial charge in [-0.1, -0.05) is 19.1 Å². The number of nitrogen functional groups attached to an aromatic ring is 1. The first-order valence-electron chi connectivity index (χ1n) is 6.57. The number of amidine groups is 1. The minimum absolute atomic E-state index is 0.0390. The number of anilines is 1. The number of nitrogens with zero attached hydrogens (tertiary/aromatic N) is 1. The number of benzene rings is 1. The molecule has 19 heavy (non-hydrogen) atoms. The van der Waals surface area contributed by atoms with Crippen LogP contribution in [0.2, 0.25) is 0 Å². The Morgan fingerprint density at radius 2 is 2.21 bits per heavy atom. The summed E-state index contributed by atoms with van der Waals surface area (Å²) in [7, 11) is 0. The Kier molecular flexibility index (Phi) is 4.04. The molecule has 1 aliphatic heterocycles. The molecule has 1 aromatic carbocycles. The summed E-state index contributed by atoms with van der Waals surface area (Å²) in [4.78, 5) is 14.0. The SMILES string of the molecule is CC1CCCN(C(=O)Nc2ccccc2C(=N)N)C1. The zero-order valence-corrected chi connectivity index (χ0v) is 11.1. The number of hydrogen-bond acceptors (Lipinski definition) is 2. The van der Waals surface area contributed by atoms with Gasteiger partial charge in [-0.3, -0.25) is 5.41 Å². The quantitative estimate of drug-likeness (QED) is 0.563. The Morgan fingerprint density at radius 1 is 1.47 bits per heavy atom. The van der Waals surface area contributed by atoms with Gasteiger partial charge in [0.15, 0.2) is 0 Å². The smallest absolute Gasteiger partial charge is 0.321 e. The predicted molar refractivity (Wildman–Crippen MR) is 76.4 cm³/mol. The number of rotatable bonds is 2. The zero-order valence-electron chi connectivity index (χ0n) is 11.1. The lowest BCUT2D eigenvalue weighted by atomic mass is 10.0. The van der Waals surface area contributed by atoms with Crippen LogP contribution in [0.5, 0.6) is 0 Å². The molecule has 4 N–H and O–H groups in total. The van der Waals surface area contributed by atoms with E-state index in [0.29, 0.717) is 17.2 Å². The van der Waals surface area contributed by atoms with E-state index in [2.05, 4.69) is 12.2 Å². The first-order chi connectivity index (χ1) is 9.08. The van der Waals surface area contributed by atoms with Crippen molar-refractivity contribution in [1.82, 2.24) is 4.90 Å².